The van der Waals surface area contributed by atoms with Gasteiger partial charge in [0.1, 0.15) is 13.2 Å². The third-order valence-corrected chi connectivity index (χ3v) is 14.9. The number of hydrogen-bond acceptors (Lipinski definition) is 8. The number of rotatable bonds is 62. The number of unbranched alkanes of at least 4 members (excludes halogenated alkanes) is 43. The van der Waals surface area contributed by atoms with Crippen LogP contribution in [0.3, 0.4) is 0 Å². The second-order valence-electron chi connectivity index (χ2n) is 23.8. The van der Waals surface area contributed by atoms with Crippen LogP contribution >= 0.6 is 0 Å². The fourth-order valence-electron chi connectivity index (χ4n) is 9.82. The zero-order valence-electron chi connectivity index (χ0n) is 51.2. The van der Waals surface area contributed by atoms with Gasteiger partial charge >= 0.3 is 11.9 Å². The van der Waals surface area contributed by atoms with Crippen molar-refractivity contribution in [1.82, 2.24) is 0 Å². The lowest BCUT2D eigenvalue weighted by molar-refractivity contribution is -0.870. The Hall–Kier alpha value is -2.23. The van der Waals surface area contributed by atoms with Gasteiger partial charge in [0.2, 0.25) is 0 Å². The van der Waals surface area contributed by atoms with Crippen LogP contribution < -0.4 is 5.11 Å². The molecule has 0 heterocycles. The molecule has 0 aliphatic carbocycles. The van der Waals surface area contributed by atoms with Gasteiger partial charge in [-0.1, -0.05) is 276 Å². The van der Waals surface area contributed by atoms with Crippen molar-refractivity contribution in [2.75, 3.05) is 47.5 Å². The SMILES string of the molecule is CCCCC/C=C\CCCCCCCC(=O)OCC(COC(OCC[N+](C)(C)C)C(=O)[O-])OC(=O)CCCCCCCCCCCCCCCCCCCCCCCCCCCCC/C=C\CCCCCCCCCC. The molecule has 0 aromatic heterocycles. The Kier molecular flexibility index (Phi) is 57.2. The van der Waals surface area contributed by atoms with E-state index in [1.54, 1.807) is 0 Å². The van der Waals surface area contributed by atoms with Crippen LogP contribution in [0.5, 0.6) is 0 Å². The topological polar surface area (TPSA) is 111 Å². The molecule has 76 heavy (non-hydrogen) atoms. The van der Waals surface area contributed by atoms with Crippen LogP contribution in [-0.2, 0) is 33.3 Å². The quantitative estimate of drug-likeness (QED) is 0.0195. The highest BCUT2D eigenvalue weighted by Gasteiger charge is 2.22. The Labute approximate surface area is 471 Å². The van der Waals surface area contributed by atoms with E-state index in [2.05, 4.69) is 38.2 Å². The summed E-state index contributed by atoms with van der Waals surface area (Å²) in [6.45, 7) is 4.75. The minimum Gasteiger partial charge on any atom is -0.545 e. The van der Waals surface area contributed by atoms with Crippen LogP contribution in [0.2, 0.25) is 0 Å². The summed E-state index contributed by atoms with van der Waals surface area (Å²) in [5, 5.41) is 11.8. The molecule has 0 amide bonds. The van der Waals surface area contributed by atoms with E-state index in [0.29, 0.717) is 11.0 Å². The number of quaternary nitrogens is 1. The van der Waals surface area contributed by atoms with Crippen molar-refractivity contribution in [3.8, 4) is 0 Å². The molecule has 9 heteroatoms. The van der Waals surface area contributed by atoms with Crippen molar-refractivity contribution >= 4 is 17.9 Å². The lowest BCUT2D eigenvalue weighted by atomic mass is 10.0. The molecule has 0 aromatic carbocycles. The molecule has 0 aromatic rings. The van der Waals surface area contributed by atoms with Gasteiger partial charge in [-0.05, 0) is 64.2 Å². The van der Waals surface area contributed by atoms with Crippen LogP contribution in [-0.4, -0.2) is 82.3 Å². The number of carboxylic acids is 1. The first-order valence-corrected chi connectivity index (χ1v) is 33.0. The minimum absolute atomic E-state index is 0.149. The zero-order chi connectivity index (χ0) is 55.5. The normalized spacial score (nSPS) is 12.8. The maximum atomic E-state index is 12.9. The lowest BCUT2D eigenvalue weighted by Gasteiger charge is -2.26. The van der Waals surface area contributed by atoms with Crippen molar-refractivity contribution in [3.63, 3.8) is 0 Å². The van der Waals surface area contributed by atoms with Crippen molar-refractivity contribution in [1.29, 1.82) is 0 Å². The minimum atomic E-state index is -1.62. The molecule has 0 rings (SSSR count). The summed E-state index contributed by atoms with van der Waals surface area (Å²) in [7, 11) is 5.93. The summed E-state index contributed by atoms with van der Waals surface area (Å²) in [5.74, 6) is -2.28. The molecule has 0 aliphatic heterocycles. The number of nitrogens with zero attached hydrogens (tertiary/aromatic N) is 1. The van der Waals surface area contributed by atoms with Crippen LogP contribution in [0.1, 0.15) is 328 Å². The molecular formula is C67H127NO8. The standard InChI is InChI=1S/C67H127NO8/c1-6-8-10-12-14-16-18-20-21-22-23-24-25-26-27-28-29-30-31-32-33-34-35-36-37-38-39-40-41-42-43-44-45-46-48-50-52-54-56-58-65(70)76-63(62-75-67(66(71)72)73-60-59-68(3,4)5)61-74-64(69)57-55-53-51-49-47-19-17-15-13-11-9-7-2/h15,17,22-23,63,67H,6-14,16,18-21,24-62H2,1-5H3/b17-15-,23-22-. The summed E-state index contributed by atoms with van der Waals surface area (Å²) < 4.78 is 22.7. The monoisotopic (exact) mass is 1070 g/mol. The van der Waals surface area contributed by atoms with E-state index in [0.717, 1.165) is 57.8 Å². The van der Waals surface area contributed by atoms with Gasteiger partial charge in [0.25, 0.3) is 0 Å². The van der Waals surface area contributed by atoms with Crippen LogP contribution in [0.4, 0.5) is 0 Å². The van der Waals surface area contributed by atoms with Crippen LogP contribution in [0, 0.1) is 0 Å². The third-order valence-electron chi connectivity index (χ3n) is 14.9. The summed E-state index contributed by atoms with van der Waals surface area (Å²) in [5.41, 5.74) is 0. The van der Waals surface area contributed by atoms with E-state index < -0.39 is 24.3 Å². The largest absolute Gasteiger partial charge is 0.545 e. The molecule has 448 valence electrons. The molecule has 2 unspecified atom stereocenters. The maximum Gasteiger partial charge on any atom is 0.306 e. The number of likely N-dealkylation sites (N-methyl/N-ethyl adjacent to an activating group) is 1. The Balaban J connectivity index is 3.88. The fourth-order valence-corrected chi connectivity index (χ4v) is 9.82. The van der Waals surface area contributed by atoms with Gasteiger partial charge in [0, 0.05) is 12.8 Å². The van der Waals surface area contributed by atoms with Crippen molar-refractivity contribution in [2.24, 2.45) is 0 Å². The molecule has 0 bridgehead atoms. The molecule has 0 fully saturated rings. The van der Waals surface area contributed by atoms with Gasteiger partial charge in [0.15, 0.2) is 12.4 Å². The van der Waals surface area contributed by atoms with Crippen LogP contribution in [0.25, 0.3) is 0 Å². The summed E-state index contributed by atoms with van der Waals surface area (Å²) in [6, 6.07) is 0. The zero-order valence-corrected chi connectivity index (χ0v) is 51.2. The Morgan fingerprint density at radius 1 is 0.382 bits per heavy atom. The predicted octanol–water partition coefficient (Wildman–Crippen LogP) is 18.5. The second-order valence-corrected chi connectivity index (χ2v) is 23.8. The Bertz CT molecular complexity index is 1300. The first kappa shape index (κ1) is 73.8. The highest BCUT2D eigenvalue weighted by atomic mass is 16.7. The van der Waals surface area contributed by atoms with Crippen molar-refractivity contribution in [2.45, 2.75) is 341 Å². The summed E-state index contributed by atoms with van der Waals surface area (Å²) in [4.78, 5) is 37.2. The number of carbonyl (C=O) groups is 3. The molecule has 0 saturated heterocycles. The first-order chi connectivity index (χ1) is 37.1. The lowest BCUT2D eigenvalue weighted by Crippen LogP contribution is -2.44. The molecule has 0 N–H and O–H groups in total. The van der Waals surface area contributed by atoms with Gasteiger partial charge in [0.05, 0.1) is 40.3 Å². The molecule has 9 nitrogen and oxygen atoms in total. The van der Waals surface area contributed by atoms with Gasteiger partial charge in [-0.3, -0.25) is 9.59 Å². The van der Waals surface area contributed by atoms with Crippen molar-refractivity contribution in [3.05, 3.63) is 24.3 Å². The number of aliphatic carboxylic acids is 1. The smallest absolute Gasteiger partial charge is 0.306 e. The number of carbonyl (C=O) groups excluding carboxylic acids is 3. The number of esters is 2. The van der Waals surface area contributed by atoms with Crippen molar-refractivity contribution < 1.29 is 42.9 Å². The highest BCUT2D eigenvalue weighted by Crippen LogP contribution is 2.18. The summed E-state index contributed by atoms with van der Waals surface area (Å²) in [6.07, 6.45) is 68.6. The number of allylic oxidation sites excluding steroid dienone is 4. The van der Waals surface area contributed by atoms with E-state index in [4.69, 9.17) is 18.9 Å². The van der Waals surface area contributed by atoms with Gasteiger partial charge in [-0.15, -0.1) is 0 Å². The average molecular weight is 1070 g/mol. The fraction of sp³-hybridized carbons (Fsp3) is 0.896. The molecule has 0 spiro atoms. The Morgan fingerprint density at radius 2 is 0.671 bits per heavy atom. The van der Waals surface area contributed by atoms with Gasteiger partial charge < -0.3 is 33.3 Å². The molecule has 0 aliphatic rings. The third kappa shape index (κ3) is 59.4. The summed E-state index contributed by atoms with van der Waals surface area (Å²) >= 11 is 0. The van der Waals surface area contributed by atoms with E-state index in [1.807, 2.05) is 21.1 Å². The van der Waals surface area contributed by atoms with E-state index >= 15 is 0 Å². The molecule has 2 atom stereocenters. The molecular weight excluding hydrogens is 947 g/mol. The number of hydrogen-bond donors (Lipinski definition) is 0. The van der Waals surface area contributed by atoms with E-state index in [1.165, 1.54) is 244 Å². The highest BCUT2D eigenvalue weighted by molar-refractivity contribution is 5.70. The number of carboxylic acid groups (broad SMARTS) is 1. The van der Waals surface area contributed by atoms with E-state index in [-0.39, 0.29) is 38.6 Å². The van der Waals surface area contributed by atoms with Crippen LogP contribution in [0.15, 0.2) is 24.3 Å². The average Bonchev–Trinajstić information content (AvgIpc) is 3.39. The molecule has 0 saturated carbocycles. The predicted molar refractivity (Wildman–Crippen MR) is 320 cm³/mol. The van der Waals surface area contributed by atoms with Gasteiger partial charge in [-0.25, -0.2) is 0 Å². The van der Waals surface area contributed by atoms with E-state index in [9.17, 15) is 19.5 Å². The Morgan fingerprint density at radius 3 is 1.00 bits per heavy atom. The number of ether oxygens (including phenoxy) is 4. The molecule has 0 radical (unpaired) electrons. The maximum absolute atomic E-state index is 12.9. The van der Waals surface area contributed by atoms with Gasteiger partial charge in [-0.2, -0.15) is 0 Å². The first-order valence-electron chi connectivity index (χ1n) is 33.0. The second kappa shape index (κ2) is 58.9.